The van der Waals surface area contributed by atoms with Crippen molar-refractivity contribution in [1.29, 1.82) is 0 Å². The van der Waals surface area contributed by atoms with Crippen LogP contribution in [0, 0.1) is 0 Å². The number of ether oxygens (including phenoxy) is 1. The van der Waals surface area contributed by atoms with Gasteiger partial charge in [0.25, 0.3) is 0 Å². The molecule has 11 nitrogen and oxygen atoms in total. The van der Waals surface area contributed by atoms with Crippen LogP contribution in [-0.4, -0.2) is 72.8 Å². The minimum absolute atomic E-state index is 0.0258. The second-order valence-electron chi connectivity index (χ2n) is 10.9. The van der Waals surface area contributed by atoms with Gasteiger partial charge in [-0.2, -0.15) is 16.9 Å². The monoisotopic (exact) mass is 615 g/mol. The van der Waals surface area contributed by atoms with E-state index in [0.717, 1.165) is 24.2 Å². The summed E-state index contributed by atoms with van der Waals surface area (Å²) in [6, 6.07) is 16.5. The number of nitrogens with two attached hydrogens (primary N) is 2. The first kappa shape index (κ1) is 31.1. The summed E-state index contributed by atoms with van der Waals surface area (Å²) >= 11 is 1.48. The maximum absolute atomic E-state index is 13.1. The van der Waals surface area contributed by atoms with Gasteiger partial charge in [0.15, 0.2) is 11.4 Å². The number of hydrogen-bond donors (Lipinski definition) is 2. The fraction of sp³-hybridized carbons (Fsp3) is 0.375. The molecule has 4 N–H and O–H groups in total. The molecule has 0 aliphatic carbocycles. The van der Waals surface area contributed by atoms with E-state index in [0.29, 0.717) is 59.3 Å². The first-order chi connectivity index (χ1) is 21.3. The predicted octanol–water partition coefficient (Wildman–Crippen LogP) is 4.42. The van der Waals surface area contributed by atoms with Crippen molar-refractivity contribution in [3.05, 3.63) is 60.9 Å². The third kappa shape index (κ3) is 7.61. The zero-order valence-electron chi connectivity index (χ0n) is 24.7. The summed E-state index contributed by atoms with van der Waals surface area (Å²) in [5.41, 5.74) is 14.5. The molecule has 0 spiro atoms. The van der Waals surface area contributed by atoms with Gasteiger partial charge in [0, 0.05) is 49.4 Å². The smallest absolute Gasteiger partial charge is 0.223 e. The lowest BCUT2D eigenvalue weighted by Gasteiger charge is -2.33. The number of rotatable bonds is 13. The molecule has 1 aliphatic heterocycles. The van der Waals surface area contributed by atoms with Gasteiger partial charge in [-0.3, -0.25) is 9.59 Å². The van der Waals surface area contributed by atoms with Gasteiger partial charge in [-0.1, -0.05) is 18.2 Å². The van der Waals surface area contributed by atoms with Crippen LogP contribution in [0.15, 0.2) is 60.9 Å². The van der Waals surface area contributed by atoms with Gasteiger partial charge in [0.2, 0.25) is 5.91 Å². The maximum atomic E-state index is 13.1. The molecule has 12 heteroatoms. The maximum Gasteiger partial charge on any atom is 0.223 e. The zero-order chi connectivity index (χ0) is 31.1. The molecule has 3 heterocycles. The van der Waals surface area contributed by atoms with E-state index in [1.165, 1.54) is 25.0 Å². The molecule has 5 rings (SSSR count). The van der Waals surface area contributed by atoms with Gasteiger partial charge >= 0.3 is 0 Å². The number of ketones is 2. The van der Waals surface area contributed by atoms with Crippen LogP contribution in [0.3, 0.4) is 0 Å². The lowest BCUT2D eigenvalue weighted by molar-refractivity contribution is -0.132. The lowest BCUT2D eigenvalue weighted by atomic mass is 10.1. The van der Waals surface area contributed by atoms with Crippen molar-refractivity contribution >= 4 is 46.1 Å². The standard InChI is InChI=1S/C32H37N7O4S/c1-21(40)9-14-27(41)26(33)19-44-17-15-28(42)38-16-5-6-23(18-38)39-32-29(31(34)35-20-36-32)30(37-39)22-10-12-25(13-11-22)43-24-7-3-2-4-8-24/h2-4,7-8,10-13,20,23,26H,5-6,9,14-19,33H2,1H3,(H2,34,35,36). The third-order valence-electron chi connectivity index (χ3n) is 7.61. The number of amides is 1. The summed E-state index contributed by atoms with van der Waals surface area (Å²) in [5.74, 6) is 2.70. The van der Waals surface area contributed by atoms with Crippen LogP contribution < -0.4 is 16.2 Å². The molecule has 1 amide bonds. The number of Topliss-reactive ketones (excluding diaryl/α,β-unsaturated/α-hetero) is 2. The van der Waals surface area contributed by atoms with E-state index >= 15 is 0 Å². The van der Waals surface area contributed by atoms with Gasteiger partial charge in [0.05, 0.1) is 17.5 Å². The minimum atomic E-state index is -0.627. The van der Waals surface area contributed by atoms with E-state index in [-0.39, 0.29) is 36.4 Å². The van der Waals surface area contributed by atoms with Crippen molar-refractivity contribution in [1.82, 2.24) is 24.6 Å². The van der Waals surface area contributed by atoms with Crippen molar-refractivity contribution in [3.8, 4) is 22.8 Å². The van der Waals surface area contributed by atoms with E-state index < -0.39 is 6.04 Å². The molecule has 0 saturated carbocycles. The first-order valence-electron chi connectivity index (χ1n) is 14.8. The normalized spacial score (nSPS) is 15.7. The Kier molecular flexibility index (Phi) is 10.2. The highest BCUT2D eigenvalue weighted by Gasteiger charge is 2.28. The van der Waals surface area contributed by atoms with Crippen LogP contribution in [0.5, 0.6) is 11.5 Å². The largest absolute Gasteiger partial charge is 0.457 e. The van der Waals surface area contributed by atoms with Crippen LogP contribution in [0.2, 0.25) is 0 Å². The number of anilines is 1. The number of thioether (sulfide) groups is 1. The number of benzene rings is 2. The van der Waals surface area contributed by atoms with Crippen molar-refractivity contribution in [3.63, 3.8) is 0 Å². The summed E-state index contributed by atoms with van der Waals surface area (Å²) < 4.78 is 7.83. The molecule has 1 saturated heterocycles. The van der Waals surface area contributed by atoms with Crippen molar-refractivity contribution in [2.75, 3.05) is 30.3 Å². The highest BCUT2D eigenvalue weighted by Crippen LogP contribution is 2.35. The molecule has 2 aromatic carbocycles. The fourth-order valence-corrected chi connectivity index (χ4v) is 6.17. The predicted molar refractivity (Wildman–Crippen MR) is 171 cm³/mol. The van der Waals surface area contributed by atoms with Crippen molar-refractivity contribution in [2.24, 2.45) is 5.73 Å². The van der Waals surface area contributed by atoms with Crippen LogP contribution in [0.1, 0.15) is 45.1 Å². The molecule has 2 aromatic heterocycles. The Hall–Kier alpha value is -4.29. The van der Waals surface area contributed by atoms with E-state index in [9.17, 15) is 14.4 Å². The fourth-order valence-electron chi connectivity index (χ4n) is 5.24. The molecule has 0 bridgehead atoms. The highest BCUT2D eigenvalue weighted by molar-refractivity contribution is 7.99. The Morgan fingerprint density at radius 3 is 2.52 bits per heavy atom. The molecule has 44 heavy (non-hydrogen) atoms. The van der Waals surface area contributed by atoms with Gasteiger partial charge in [0.1, 0.15) is 35.1 Å². The molecule has 0 radical (unpaired) electrons. The second-order valence-corrected chi connectivity index (χ2v) is 12.1. The first-order valence-corrected chi connectivity index (χ1v) is 15.9. The summed E-state index contributed by atoms with van der Waals surface area (Å²) in [4.78, 5) is 47.0. The van der Waals surface area contributed by atoms with Crippen molar-refractivity contribution < 1.29 is 19.1 Å². The SMILES string of the molecule is CC(=O)CCC(=O)C(N)CSCCC(=O)N1CCCC(n2nc(-c3ccc(Oc4ccccc4)cc3)c3c(N)ncnc32)C1. The van der Waals surface area contributed by atoms with Gasteiger partial charge < -0.3 is 25.9 Å². The average Bonchev–Trinajstić information content (AvgIpc) is 3.43. The van der Waals surface area contributed by atoms with Gasteiger partial charge in [-0.15, -0.1) is 0 Å². The number of para-hydroxylation sites is 1. The number of nitrogens with zero attached hydrogens (tertiary/aromatic N) is 5. The molecular formula is C32H37N7O4S. The van der Waals surface area contributed by atoms with Crippen LogP contribution in [-0.2, 0) is 14.4 Å². The summed E-state index contributed by atoms with van der Waals surface area (Å²) in [7, 11) is 0. The molecule has 4 aromatic rings. The summed E-state index contributed by atoms with van der Waals surface area (Å²) in [6.07, 6.45) is 3.85. The minimum Gasteiger partial charge on any atom is -0.457 e. The van der Waals surface area contributed by atoms with E-state index in [1.54, 1.807) is 0 Å². The number of carbonyl (C=O) groups excluding carboxylic acids is 3. The van der Waals surface area contributed by atoms with Gasteiger partial charge in [-0.25, -0.2) is 14.6 Å². The number of nitrogen functional groups attached to an aromatic ring is 1. The Balaban J connectivity index is 1.24. The van der Waals surface area contributed by atoms with Crippen LogP contribution in [0.4, 0.5) is 5.82 Å². The Labute approximate surface area is 260 Å². The molecule has 1 fully saturated rings. The average molecular weight is 616 g/mol. The third-order valence-corrected chi connectivity index (χ3v) is 8.70. The van der Waals surface area contributed by atoms with E-state index in [1.807, 2.05) is 64.2 Å². The summed E-state index contributed by atoms with van der Waals surface area (Å²) in [6.45, 7) is 2.65. The number of carbonyl (C=O) groups is 3. The quantitative estimate of drug-likeness (QED) is 0.206. The number of likely N-dealkylation sites (tertiary alicyclic amines) is 1. The molecular weight excluding hydrogens is 578 g/mol. The van der Waals surface area contributed by atoms with Crippen LogP contribution >= 0.6 is 11.8 Å². The Morgan fingerprint density at radius 2 is 1.77 bits per heavy atom. The molecule has 1 aliphatic rings. The zero-order valence-corrected chi connectivity index (χ0v) is 25.5. The number of fused-ring (bicyclic) bond motifs is 1. The number of hydrogen-bond acceptors (Lipinski definition) is 10. The Morgan fingerprint density at radius 1 is 1.02 bits per heavy atom. The highest BCUT2D eigenvalue weighted by atomic mass is 32.2. The number of piperidine rings is 1. The van der Waals surface area contributed by atoms with Crippen molar-refractivity contribution in [2.45, 2.75) is 51.1 Å². The second kappa shape index (κ2) is 14.5. The van der Waals surface area contributed by atoms with E-state index in [4.69, 9.17) is 21.3 Å². The van der Waals surface area contributed by atoms with Gasteiger partial charge in [-0.05, 0) is 56.2 Å². The lowest BCUT2D eigenvalue weighted by Crippen LogP contribution is -2.41. The van der Waals surface area contributed by atoms with Crippen LogP contribution in [0.25, 0.3) is 22.3 Å². The molecule has 2 atom stereocenters. The number of aromatic nitrogens is 4. The summed E-state index contributed by atoms with van der Waals surface area (Å²) in [5, 5.41) is 5.65. The topological polar surface area (TPSA) is 159 Å². The van der Waals surface area contributed by atoms with E-state index in [2.05, 4.69) is 9.97 Å². The Bertz CT molecular complexity index is 1610. The molecule has 230 valence electrons. The molecule has 2 unspecified atom stereocenters.